The number of carbonyl (C=O) groups excluding carboxylic acids is 1. The average molecular weight is 571 g/mol. The van der Waals surface area contributed by atoms with E-state index in [0.29, 0.717) is 17.2 Å². The van der Waals surface area contributed by atoms with E-state index in [0.717, 1.165) is 66.4 Å². The average Bonchev–Trinajstić information content (AvgIpc) is 3.05. The minimum atomic E-state index is -0.152. The molecule has 43 heavy (non-hydrogen) atoms. The van der Waals surface area contributed by atoms with Gasteiger partial charge in [0.1, 0.15) is 0 Å². The molecule has 2 aromatic carbocycles. The van der Waals surface area contributed by atoms with Gasteiger partial charge < -0.3 is 15.5 Å². The first kappa shape index (κ1) is 28.1. The minimum Gasteiger partial charge on any atom is -0.324 e. The summed E-state index contributed by atoms with van der Waals surface area (Å²) in [6.45, 7) is 7.20. The number of hydrogen-bond donors (Lipinski definition) is 2. The number of piperazine rings is 1. The van der Waals surface area contributed by atoms with Crippen molar-refractivity contribution in [2.45, 2.75) is 13.5 Å². The van der Waals surface area contributed by atoms with Gasteiger partial charge in [-0.25, -0.2) is 9.97 Å². The number of likely N-dealkylation sites (N-methyl/N-ethyl adjacent to an activating group) is 1. The molecule has 3 aromatic heterocycles. The summed E-state index contributed by atoms with van der Waals surface area (Å²) in [5, 5.41) is 6.35. The van der Waals surface area contributed by atoms with E-state index in [-0.39, 0.29) is 5.91 Å². The lowest BCUT2D eigenvalue weighted by atomic mass is 10.1. The van der Waals surface area contributed by atoms with Gasteiger partial charge >= 0.3 is 0 Å². The minimum absolute atomic E-state index is 0.152. The van der Waals surface area contributed by atoms with Gasteiger partial charge in [0.25, 0.3) is 5.91 Å². The van der Waals surface area contributed by atoms with Crippen molar-refractivity contribution in [1.29, 1.82) is 0 Å². The number of hydrogen-bond acceptors (Lipinski definition) is 8. The molecule has 9 nitrogen and oxygen atoms in total. The maximum Gasteiger partial charge on any atom is 0.255 e. The Morgan fingerprint density at radius 1 is 0.814 bits per heavy atom. The van der Waals surface area contributed by atoms with Crippen LogP contribution < -0.4 is 10.6 Å². The van der Waals surface area contributed by atoms with Crippen LogP contribution in [0.2, 0.25) is 0 Å². The molecule has 0 atom stereocenters. The Morgan fingerprint density at radius 3 is 2.37 bits per heavy atom. The largest absolute Gasteiger partial charge is 0.324 e. The number of nitrogens with one attached hydrogen (secondary N) is 2. The third-order valence-electron chi connectivity index (χ3n) is 7.66. The molecule has 1 amide bonds. The van der Waals surface area contributed by atoms with Crippen LogP contribution in [0, 0.1) is 6.92 Å². The topological polar surface area (TPSA) is 99.2 Å². The van der Waals surface area contributed by atoms with E-state index >= 15 is 0 Å². The van der Waals surface area contributed by atoms with Crippen molar-refractivity contribution in [2.75, 3.05) is 43.9 Å². The number of pyridine rings is 2. The molecule has 9 heteroatoms. The summed E-state index contributed by atoms with van der Waals surface area (Å²) in [6, 6.07) is 21.4. The van der Waals surface area contributed by atoms with Gasteiger partial charge in [0, 0.05) is 91.8 Å². The lowest BCUT2D eigenvalue weighted by molar-refractivity contribution is 0.102. The van der Waals surface area contributed by atoms with Crippen LogP contribution >= 0.6 is 0 Å². The molecule has 0 aliphatic carbocycles. The maximum absolute atomic E-state index is 13.1. The quantitative estimate of drug-likeness (QED) is 0.247. The second kappa shape index (κ2) is 12.9. The number of aryl methyl sites for hydroxylation is 1. The first-order valence-corrected chi connectivity index (χ1v) is 14.4. The van der Waals surface area contributed by atoms with E-state index in [4.69, 9.17) is 4.98 Å². The van der Waals surface area contributed by atoms with E-state index in [9.17, 15) is 4.79 Å². The number of amides is 1. The Labute approximate surface area is 251 Å². The number of aromatic nitrogens is 4. The third-order valence-corrected chi connectivity index (χ3v) is 7.66. The van der Waals surface area contributed by atoms with Crippen LogP contribution in [0.4, 0.5) is 17.3 Å². The number of rotatable bonds is 8. The molecule has 4 heterocycles. The highest BCUT2D eigenvalue weighted by atomic mass is 16.1. The smallest absolute Gasteiger partial charge is 0.255 e. The van der Waals surface area contributed by atoms with Crippen molar-refractivity contribution < 1.29 is 4.79 Å². The van der Waals surface area contributed by atoms with Gasteiger partial charge in [-0.1, -0.05) is 18.2 Å². The number of carbonyl (C=O) groups is 1. The van der Waals surface area contributed by atoms with Crippen LogP contribution in [0.25, 0.3) is 22.4 Å². The van der Waals surface area contributed by atoms with Crippen LogP contribution in [0.3, 0.4) is 0 Å². The number of benzene rings is 2. The summed E-state index contributed by atoms with van der Waals surface area (Å²) in [5.74, 6) is 0.301. The second-order valence-electron chi connectivity index (χ2n) is 10.8. The van der Waals surface area contributed by atoms with Crippen LogP contribution in [0.5, 0.6) is 0 Å². The van der Waals surface area contributed by atoms with Gasteiger partial charge in [-0.05, 0) is 79.2 Å². The van der Waals surface area contributed by atoms with Crippen molar-refractivity contribution in [3.63, 3.8) is 0 Å². The second-order valence-corrected chi connectivity index (χ2v) is 10.8. The monoisotopic (exact) mass is 570 g/mol. The number of anilines is 3. The Hall–Kier alpha value is -4.99. The Kier molecular flexibility index (Phi) is 8.44. The van der Waals surface area contributed by atoms with Crippen molar-refractivity contribution in [3.8, 4) is 22.4 Å². The molecule has 5 aromatic rings. The Morgan fingerprint density at radius 2 is 1.58 bits per heavy atom. The van der Waals surface area contributed by atoms with Crippen LogP contribution in [-0.2, 0) is 6.54 Å². The van der Waals surface area contributed by atoms with Gasteiger partial charge in [0.15, 0.2) is 0 Å². The first-order valence-electron chi connectivity index (χ1n) is 14.4. The lowest BCUT2D eigenvalue weighted by Crippen LogP contribution is -2.43. The van der Waals surface area contributed by atoms with E-state index in [1.165, 1.54) is 5.56 Å². The SMILES string of the molecule is Cc1ccc(NC(=O)c2ccc(CN3CCN(C)CC3)cc2)cc1Nc1nccc(-c2cncc(-c3ccncc3)c2)n1. The van der Waals surface area contributed by atoms with E-state index in [1.807, 2.05) is 73.8 Å². The molecular formula is C34H34N8O. The summed E-state index contributed by atoms with van der Waals surface area (Å²) < 4.78 is 0. The Bertz CT molecular complexity index is 1700. The summed E-state index contributed by atoms with van der Waals surface area (Å²) in [5.41, 5.74) is 7.98. The highest BCUT2D eigenvalue weighted by molar-refractivity contribution is 6.04. The lowest BCUT2D eigenvalue weighted by Gasteiger charge is -2.32. The fourth-order valence-corrected chi connectivity index (χ4v) is 5.05. The van der Waals surface area contributed by atoms with E-state index < -0.39 is 0 Å². The molecule has 1 aliphatic heterocycles. The molecule has 0 unspecified atom stereocenters. The molecule has 0 radical (unpaired) electrons. The fourth-order valence-electron chi connectivity index (χ4n) is 5.05. The van der Waals surface area contributed by atoms with E-state index in [2.05, 4.69) is 48.5 Å². The summed E-state index contributed by atoms with van der Waals surface area (Å²) in [7, 11) is 2.16. The predicted octanol–water partition coefficient (Wildman–Crippen LogP) is 5.65. The Balaban J connectivity index is 1.12. The van der Waals surface area contributed by atoms with Gasteiger partial charge in [-0.2, -0.15) is 0 Å². The van der Waals surface area contributed by atoms with Crippen molar-refractivity contribution >= 4 is 23.2 Å². The predicted molar refractivity (Wildman–Crippen MR) is 170 cm³/mol. The van der Waals surface area contributed by atoms with Crippen molar-refractivity contribution in [3.05, 3.63) is 114 Å². The zero-order chi connectivity index (χ0) is 29.6. The molecular weight excluding hydrogens is 536 g/mol. The molecule has 0 bridgehead atoms. The molecule has 1 aliphatic rings. The van der Waals surface area contributed by atoms with Gasteiger partial charge in [0.2, 0.25) is 5.95 Å². The zero-order valence-corrected chi connectivity index (χ0v) is 24.4. The van der Waals surface area contributed by atoms with Crippen molar-refractivity contribution in [2.24, 2.45) is 0 Å². The summed E-state index contributed by atoms with van der Waals surface area (Å²) in [4.78, 5) is 35.5. The molecule has 0 saturated carbocycles. The summed E-state index contributed by atoms with van der Waals surface area (Å²) >= 11 is 0. The molecule has 1 fully saturated rings. The van der Waals surface area contributed by atoms with Crippen LogP contribution in [-0.4, -0.2) is 68.9 Å². The van der Waals surface area contributed by atoms with E-state index in [1.54, 1.807) is 24.8 Å². The zero-order valence-electron chi connectivity index (χ0n) is 24.4. The third kappa shape index (κ3) is 7.09. The van der Waals surface area contributed by atoms with Gasteiger partial charge in [0.05, 0.1) is 5.69 Å². The van der Waals surface area contributed by atoms with Crippen LogP contribution in [0.15, 0.2) is 97.7 Å². The molecule has 2 N–H and O–H groups in total. The van der Waals surface area contributed by atoms with Gasteiger partial charge in [-0.3, -0.25) is 19.7 Å². The maximum atomic E-state index is 13.1. The van der Waals surface area contributed by atoms with Gasteiger partial charge in [-0.15, -0.1) is 0 Å². The molecule has 1 saturated heterocycles. The standard InChI is InChI=1S/C34H34N8O/c1-24-3-8-30(38-33(43)27-6-4-25(5-7-27)23-42-17-15-41(2)16-18-42)20-32(24)40-34-37-14-11-31(39-34)29-19-28(21-36-22-29)26-9-12-35-13-10-26/h3-14,19-22H,15-18,23H2,1-2H3,(H,38,43)(H,37,39,40). The summed E-state index contributed by atoms with van der Waals surface area (Å²) in [6.07, 6.45) is 8.86. The first-order chi connectivity index (χ1) is 21.0. The molecule has 0 spiro atoms. The molecule has 6 rings (SSSR count). The highest BCUT2D eigenvalue weighted by Crippen LogP contribution is 2.27. The van der Waals surface area contributed by atoms with Crippen LogP contribution in [0.1, 0.15) is 21.5 Å². The number of nitrogens with zero attached hydrogens (tertiary/aromatic N) is 6. The normalized spacial score (nSPS) is 13.9. The molecule has 216 valence electrons. The fraction of sp³-hybridized carbons (Fsp3) is 0.206. The van der Waals surface area contributed by atoms with Crippen molar-refractivity contribution in [1.82, 2.24) is 29.7 Å². The highest BCUT2D eigenvalue weighted by Gasteiger charge is 2.15.